The fourth-order valence-corrected chi connectivity index (χ4v) is 0.962. The van der Waals surface area contributed by atoms with Gasteiger partial charge in [-0.15, -0.1) is 0 Å². The Bertz CT molecular complexity index is 351. The van der Waals surface area contributed by atoms with Gasteiger partial charge in [-0.05, 0) is 13.0 Å². The smallest absolute Gasteiger partial charge is 0.217 e. The van der Waals surface area contributed by atoms with Crippen LogP contribution in [0.25, 0.3) is 0 Å². The van der Waals surface area contributed by atoms with E-state index in [1.165, 1.54) is 6.92 Å². The number of aromatic nitrogens is 1. The zero-order chi connectivity index (χ0) is 11.7. The average molecular weight is 235 g/mol. The van der Waals surface area contributed by atoms with Crippen LogP contribution in [0.1, 0.15) is 12.5 Å². The van der Waals surface area contributed by atoms with E-state index < -0.39 is 10.4 Å². The molecule has 0 aromatic carbocycles. The van der Waals surface area contributed by atoms with Gasteiger partial charge in [0.1, 0.15) is 0 Å². The van der Waals surface area contributed by atoms with Crippen LogP contribution in [-0.2, 0) is 21.2 Å². The van der Waals surface area contributed by atoms with Gasteiger partial charge < -0.3 is 9.66 Å². The number of H-pyrrole nitrogens is 1. The Morgan fingerprint density at radius 2 is 2.27 bits per heavy atom. The first-order valence-corrected chi connectivity index (χ1v) is 5.49. The van der Waals surface area contributed by atoms with E-state index >= 15 is 0 Å². The number of aromatic amines is 1. The normalized spacial score (nSPS) is 10.3. The molecule has 6 nitrogen and oxygen atoms in total. The van der Waals surface area contributed by atoms with Gasteiger partial charge in [0.25, 0.3) is 0 Å². The van der Waals surface area contributed by atoms with Crippen molar-refractivity contribution in [1.29, 1.82) is 0 Å². The minimum absolute atomic E-state index is 0.0914. The first-order chi connectivity index (χ1) is 6.99. The molecule has 1 aromatic rings. The summed E-state index contributed by atoms with van der Waals surface area (Å²) >= 11 is 0. The second-order valence-electron chi connectivity index (χ2n) is 2.38. The van der Waals surface area contributed by atoms with Crippen LogP contribution in [0.15, 0.2) is 24.5 Å². The summed E-state index contributed by atoms with van der Waals surface area (Å²) in [5, 5.41) is 8.52. The molecule has 1 rings (SSSR count). The SMILES string of the molecule is CCOS(=O)(=O)[O-].OCc1ccc[nH+]c1. The maximum Gasteiger partial charge on any atom is 0.217 e. The Kier molecular flexibility index (Phi) is 6.80. The molecule has 0 spiro atoms. The highest BCUT2D eigenvalue weighted by Gasteiger charge is 1.87. The molecule has 0 aliphatic heterocycles. The molecule has 7 heteroatoms. The Balaban J connectivity index is 0.000000265. The minimum Gasteiger partial charge on any atom is -0.726 e. The van der Waals surface area contributed by atoms with Crippen LogP contribution >= 0.6 is 0 Å². The van der Waals surface area contributed by atoms with Crippen molar-refractivity contribution in [3.05, 3.63) is 30.1 Å². The summed E-state index contributed by atoms with van der Waals surface area (Å²) in [6.45, 7) is 1.44. The van der Waals surface area contributed by atoms with Gasteiger partial charge in [0.2, 0.25) is 10.4 Å². The van der Waals surface area contributed by atoms with Crippen LogP contribution in [-0.4, -0.2) is 24.7 Å². The van der Waals surface area contributed by atoms with E-state index in [0.717, 1.165) is 5.56 Å². The molecule has 15 heavy (non-hydrogen) atoms. The third-order valence-corrected chi connectivity index (χ3v) is 1.74. The van der Waals surface area contributed by atoms with Gasteiger partial charge >= 0.3 is 0 Å². The number of hydrogen-bond donors (Lipinski definition) is 1. The highest BCUT2D eigenvalue weighted by Crippen LogP contribution is 1.89. The van der Waals surface area contributed by atoms with E-state index in [-0.39, 0.29) is 13.2 Å². The molecular formula is C8H13NO5S. The van der Waals surface area contributed by atoms with Crippen molar-refractivity contribution in [3.8, 4) is 0 Å². The summed E-state index contributed by atoms with van der Waals surface area (Å²) < 4.78 is 32.0. The summed E-state index contributed by atoms with van der Waals surface area (Å²) in [5.74, 6) is 0. The van der Waals surface area contributed by atoms with Crippen molar-refractivity contribution in [1.82, 2.24) is 0 Å². The van der Waals surface area contributed by atoms with Gasteiger partial charge in [-0.3, -0.25) is 4.18 Å². The maximum atomic E-state index is 9.45. The van der Waals surface area contributed by atoms with Crippen molar-refractivity contribution < 1.29 is 27.2 Å². The van der Waals surface area contributed by atoms with Crippen molar-refractivity contribution in [3.63, 3.8) is 0 Å². The highest BCUT2D eigenvalue weighted by atomic mass is 32.3. The molecule has 0 fully saturated rings. The molecule has 0 bridgehead atoms. The zero-order valence-electron chi connectivity index (χ0n) is 8.21. The molecular weight excluding hydrogens is 222 g/mol. The molecule has 1 aromatic heterocycles. The fourth-order valence-electron chi connectivity index (χ4n) is 0.673. The lowest BCUT2D eigenvalue weighted by Gasteiger charge is -2.02. The second kappa shape index (κ2) is 7.30. The number of aliphatic hydroxyl groups excluding tert-OH is 1. The molecule has 0 radical (unpaired) electrons. The zero-order valence-corrected chi connectivity index (χ0v) is 9.03. The van der Waals surface area contributed by atoms with E-state index in [1.54, 1.807) is 12.4 Å². The van der Waals surface area contributed by atoms with E-state index in [2.05, 4.69) is 9.17 Å². The predicted molar refractivity (Wildman–Crippen MR) is 50.2 cm³/mol. The molecule has 0 saturated carbocycles. The van der Waals surface area contributed by atoms with Crippen LogP contribution in [0.4, 0.5) is 0 Å². The van der Waals surface area contributed by atoms with Crippen molar-refractivity contribution in [2.75, 3.05) is 6.61 Å². The van der Waals surface area contributed by atoms with Crippen molar-refractivity contribution >= 4 is 10.4 Å². The van der Waals surface area contributed by atoms with Gasteiger partial charge in [0, 0.05) is 11.6 Å². The summed E-state index contributed by atoms with van der Waals surface area (Å²) in [4.78, 5) is 2.85. The van der Waals surface area contributed by atoms with E-state index in [0.29, 0.717) is 0 Å². The molecule has 86 valence electrons. The molecule has 1 heterocycles. The van der Waals surface area contributed by atoms with Gasteiger partial charge in [-0.2, -0.15) is 0 Å². The van der Waals surface area contributed by atoms with E-state index in [1.807, 2.05) is 12.1 Å². The third kappa shape index (κ3) is 9.29. The summed E-state index contributed by atoms with van der Waals surface area (Å²) in [7, 11) is -4.42. The third-order valence-electron chi connectivity index (χ3n) is 1.22. The Morgan fingerprint density at radius 1 is 1.60 bits per heavy atom. The van der Waals surface area contributed by atoms with Gasteiger partial charge in [-0.1, -0.05) is 0 Å². The number of hydrogen-bond acceptors (Lipinski definition) is 5. The van der Waals surface area contributed by atoms with Gasteiger partial charge in [0.15, 0.2) is 12.4 Å². The van der Waals surface area contributed by atoms with Crippen molar-refractivity contribution in [2.24, 2.45) is 0 Å². The van der Waals surface area contributed by atoms with Crippen LogP contribution in [0, 0.1) is 0 Å². The van der Waals surface area contributed by atoms with Gasteiger partial charge in [0.05, 0.1) is 13.2 Å². The summed E-state index contributed by atoms with van der Waals surface area (Å²) in [6.07, 6.45) is 3.57. The largest absolute Gasteiger partial charge is 0.726 e. The molecule has 0 aliphatic rings. The Labute approximate surface area is 88.5 Å². The average Bonchev–Trinajstić information content (AvgIpc) is 2.18. The summed E-state index contributed by atoms with van der Waals surface area (Å²) in [6, 6.07) is 3.71. The topological polar surface area (TPSA) is 101 Å². The predicted octanol–water partition coefficient (Wildman–Crippen LogP) is -0.524. The standard InChI is InChI=1S/C6H7NO.C2H6O4S/c8-5-6-2-1-3-7-4-6;1-2-6-7(3,4)5/h1-4,8H,5H2;2H2,1H3,(H,3,4,5). The molecule has 0 unspecified atom stereocenters. The number of aliphatic hydroxyl groups is 1. The minimum atomic E-state index is -4.42. The lowest BCUT2D eigenvalue weighted by molar-refractivity contribution is -0.379. The van der Waals surface area contributed by atoms with Crippen LogP contribution < -0.4 is 4.98 Å². The van der Waals surface area contributed by atoms with Crippen LogP contribution in [0.2, 0.25) is 0 Å². The molecule has 2 N–H and O–H groups in total. The molecule has 0 atom stereocenters. The molecule has 0 saturated heterocycles. The van der Waals surface area contributed by atoms with Crippen molar-refractivity contribution in [2.45, 2.75) is 13.5 Å². The lowest BCUT2D eigenvalue weighted by Crippen LogP contribution is -2.02. The van der Waals surface area contributed by atoms with E-state index in [4.69, 9.17) is 5.11 Å². The quantitative estimate of drug-likeness (QED) is 0.561. The monoisotopic (exact) mass is 235 g/mol. The maximum absolute atomic E-state index is 9.45. The summed E-state index contributed by atoms with van der Waals surface area (Å²) in [5.41, 5.74) is 0.910. The second-order valence-corrected chi connectivity index (χ2v) is 3.44. The highest BCUT2D eigenvalue weighted by molar-refractivity contribution is 7.80. The number of pyridine rings is 1. The van der Waals surface area contributed by atoms with E-state index in [9.17, 15) is 13.0 Å². The number of nitrogens with one attached hydrogen (secondary N) is 1. The first kappa shape index (κ1) is 14.0. The fraction of sp³-hybridized carbons (Fsp3) is 0.375. The van der Waals surface area contributed by atoms with Crippen LogP contribution in [0.5, 0.6) is 0 Å². The Hall–Kier alpha value is -1.02. The lowest BCUT2D eigenvalue weighted by atomic mass is 10.3. The number of rotatable bonds is 3. The van der Waals surface area contributed by atoms with Gasteiger partial charge in [-0.25, -0.2) is 13.4 Å². The molecule has 0 amide bonds. The Morgan fingerprint density at radius 3 is 2.47 bits per heavy atom. The first-order valence-electron chi connectivity index (χ1n) is 4.15. The van der Waals surface area contributed by atoms with Crippen LogP contribution in [0.3, 0.4) is 0 Å². The molecule has 0 aliphatic carbocycles.